The minimum atomic E-state index is -0.829. The second kappa shape index (κ2) is 8.31. The molecule has 1 rings (SSSR count). The van der Waals surface area contributed by atoms with Gasteiger partial charge in [-0.3, -0.25) is 9.59 Å². The molecule has 7 nitrogen and oxygen atoms in total. The van der Waals surface area contributed by atoms with Gasteiger partial charge < -0.3 is 26.2 Å². The van der Waals surface area contributed by atoms with Crippen molar-refractivity contribution in [2.45, 2.75) is 31.3 Å². The molecule has 1 atom stereocenters. The van der Waals surface area contributed by atoms with Crippen LogP contribution in [-0.2, 0) is 9.59 Å². The highest BCUT2D eigenvalue weighted by molar-refractivity contribution is 5.87. The van der Waals surface area contributed by atoms with E-state index in [4.69, 9.17) is 11.5 Å². The fourth-order valence-corrected chi connectivity index (χ4v) is 2.60. The number of likely N-dealkylation sites (N-methyl/N-ethyl adjacent to an activating group) is 1. The van der Waals surface area contributed by atoms with Crippen LogP contribution in [0.25, 0.3) is 0 Å². The summed E-state index contributed by atoms with van der Waals surface area (Å²) in [7, 11) is 6.03. The molecule has 122 valence electrons. The molecular formula is C14H29N5O2. The van der Waals surface area contributed by atoms with Gasteiger partial charge in [-0.05, 0) is 47.1 Å². The number of carbonyl (C=O) groups is 2. The molecule has 1 unspecified atom stereocenters. The maximum Gasteiger partial charge on any atom is 0.240 e. The Morgan fingerprint density at radius 2 is 1.81 bits per heavy atom. The molecule has 1 heterocycles. The molecule has 1 aliphatic heterocycles. The minimum Gasteiger partial charge on any atom is -0.370 e. The Kier molecular flexibility index (Phi) is 7.07. The van der Waals surface area contributed by atoms with Gasteiger partial charge in [-0.2, -0.15) is 0 Å². The smallest absolute Gasteiger partial charge is 0.240 e. The van der Waals surface area contributed by atoms with Crippen LogP contribution in [0, 0.1) is 0 Å². The van der Waals surface area contributed by atoms with Crippen molar-refractivity contribution in [1.82, 2.24) is 14.7 Å². The lowest BCUT2D eigenvalue weighted by molar-refractivity contribution is -0.137. The average Bonchev–Trinajstić information content (AvgIpc) is 2.39. The summed E-state index contributed by atoms with van der Waals surface area (Å²) in [6, 6.07) is -0.628. The average molecular weight is 299 g/mol. The quantitative estimate of drug-likeness (QED) is 0.607. The Morgan fingerprint density at radius 3 is 2.29 bits per heavy atom. The van der Waals surface area contributed by atoms with E-state index in [1.54, 1.807) is 0 Å². The van der Waals surface area contributed by atoms with Gasteiger partial charge in [-0.1, -0.05) is 0 Å². The summed E-state index contributed by atoms with van der Waals surface area (Å²) >= 11 is 0. The first-order chi connectivity index (χ1) is 9.81. The van der Waals surface area contributed by atoms with Gasteiger partial charge in [-0.15, -0.1) is 0 Å². The molecule has 0 saturated carbocycles. The lowest BCUT2D eigenvalue weighted by Gasteiger charge is -2.38. The van der Waals surface area contributed by atoms with Crippen LogP contribution in [0.5, 0.6) is 0 Å². The lowest BCUT2D eigenvalue weighted by Crippen LogP contribution is -2.54. The molecule has 1 aliphatic rings. The molecule has 0 aromatic carbocycles. The van der Waals surface area contributed by atoms with Crippen LogP contribution in [0.1, 0.15) is 19.3 Å². The highest BCUT2D eigenvalue weighted by Gasteiger charge is 2.30. The van der Waals surface area contributed by atoms with Crippen molar-refractivity contribution in [3.63, 3.8) is 0 Å². The number of rotatable bonds is 7. The first-order valence-corrected chi connectivity index (χ1v) is 7.49. The normalized spacial score (nSPS) is 18.7. The second-order valence-electron chi connectivity index (χ2n) is 6.15. The third-order valence-corrected chi connectivity index (χ3v) is 3.94. The third-order valence-electron chi connectivity index (χ3n) is 3.94. The number of amides is 2. The van der Waals surface area contributed by atoms with E-state index in [1.165, 1.54) is 0 Å². The van der Waals surface area contributed by atoms with Gasteiger partial charge in [-0.25, -0.2) is 0 Å². The topological polar surface area (TPSA) is 95.9 Å². The van der Waals surface area contributed by atoms with Crippen molar-refractivity contribution in [1.29, 1.82) is 0 Å². The number of likely N-dealkylation sites (tertiary alicyclic amines) is 1. The van der Waals surface area contributed by atoms with Crippen LogP contribution in [0.3, 0.4) is 0 Å². The van der Waals surface area contributed by atoms with E-state index in [9.17, 15) is 9.59 Å². The Bertz CT molecular complexity index is 353. The predicted octanol–water partition coefficient (Wildman–Crippen LogP) is -1.33. The zero-order valence-corrected chi connectivity index (χ0v) is 13.4. The number of nitrogens with two attached hydrogens (primary N) is 2. The lowest BCUT2D eigenvalue weighted by atomic mass is 10.0. The zero-order chi connectivity index (χ0) is 16.0. The van der Waals surface area contributed by atoms with Crippen LogP contribution in [-0.4, -0.2) is 85.9 Å². The summed E-state index contributed by atoms with van der Waals surface area (Å²) in [5, 5.41) is 0. The summed E-state index contributed by atoms with van der Waals surface area (Å²) in [5.41, 5.74) is 11.0. The molecule has 0 aromatic heterocycles. The van der Waals surface area contributed by atoms with Gasteiger partial charge in [0.2, 0.25) is 11.8 Å². The number of primary amides is 1. The first kappa shape index (κ1) is 17.9. The molecule has 0 bridgehead atoms. The molecule has 1 saturated heterocycles. The molecule has 0 aliphatic carbocycles. The minimum absolute atomic E-state index is 0.0933. The maximum atomic E-state index is 12.5. The van der Waals surface area contributed by atoms with Gasteiger partial charge >= 0.3 is 0 Å². The summed E-state index contributed by atoms with van der Waals surface area (Å²) < 4.78 is 0. The molecule has 0 aromatic rings. The van der Waals surface area contributed by atoms with E-state index in [-0.39, 0.29) is 18.4 Å². The number of nitrogens with zero attached hydrogens (tertiary/aromatic N) is 3. The van der Waals surface area contributed by atoms with E-state index in [1.807, 2.05) is 23.9 Å². The number of carbonyl (C=O) groups excluding carboxylic acids is 2. The molecule has 0 spiro atoms. The van der Waals surface area contributed by atoms with E-state index in [0.29, 0.717) is 6.54 Å². The molecule has 2 amide bonds. The highest BCUT2D eigenvalue weighted by atomic mass is 16.2. The Morgan fingerprint density at radius 1 is 1.24 bits per heavy atom. The Hall–Kier alpha value is -1.18. The number of hydrogen-bond acceptors (Lipinski definition) is 5. The molecular weight excluding hydrogens is 270 g/mol. The van der Waals surface area contributed by atoms with E-state index in [0.717, 1.165) is 32.5 Å². The van der Waals surface area contributed by atoms with Crippen molar-refractivity contribution < 1.29 is 9.59 Å². The Balaban J connectivity index is 2.70. The van der Waals surface area contributed by atoms with Gasteiger partial charge in [0.1, 0.15) is 0 Å². The van der Waals surface area contributed by atoms with Crippen molar-refractivity contribution in [3.05, 3.63) is 0 Å². The van der Waals surface area contributed by atoms with E-state index >= 15 is 0 Å². The maximum absolute atomic E-state index is 12.5. The molecule has 1 fully saturated rings. The van der Waals surface area contributed by atoms with Gasteiger partial charge in [0.05, 0.1) is 12.5 Å². The van der Waals surface area contributed by atoms with Crippen molar-refractivity contribution >= 4 is 11.8 Å². The van der Waals surface area contributed by atoms with Crippen LogP contribution in [0.4, 0.5) is 0 Å². The highest BCUT2D eigenvalue weighted by Crippen LogP contribution is 2.17. The van der Waals surface area contributed by atoms with Gasteiger partial charge in [0, 0.05) is 19.1 Å². The monoisotopic (exact) mass is 299 g/mol. The molecule has 0 radical (unpaired) electrons. The SMILES string of the molecule is CN(C)CCN(C(=O)C(N)CC(N)=O)C1CCN(C)CC1. The fraction of sp³-hybridized carbons (Fsp3) is 0.857. The van der Waals surface area contributed by atoms with Crippen molar-refractivity contribution in [2.24, 2.45) is 11.5 Å². The first-order valence-electron chi connectivity index (χ1n) is 7.49. The fourth-order valence-electron chi connectivity index (χ4n) is 2.60. The molecule has 4 N–H and O–H groups in total. The summed E-state index contributed by atoms with van der Waals surface area (Å²) in [6.45, 7) is 3.36. The van der Waals surface area contributed by atoms with Gasteiger partial charge in [0.15, 0.2) is 0 Å². The van der Waals surface area contributed by atoms with Crippen molar-refractivity contribution in [3.8, 4) is 0 Å². The van der Waals surface area contributed by atoms with E-state index < -0.39 is 11.9 Å². The van der Waals surface area contributed by atoms with Crippen molar-refractivity contribution in [2.75, 3.05) is 47.3 Å². The standard InChI is InChI=1S/C14H29N5O2/c1-17(2)8-9-19(11-4-6-18(3)7-5-11)14(21)12(15)10-13(16)20/h11-12H,4-10,15H2,1-3H3,(H2,16,20). The van der Waals surface area contributed by atoms with Crippen LogP contribution in [0.2, 0.25) is 0 Å². The largest absolute Gasteiger partial charge is 0.370 e. The third kappa shape index (κ3) is 5.99. The number of hydrogen-bond donors (Lipinski definition) is 2. The molecule has 7 heteroatoms. The van der Waals surface area contributed by atoms with Gasteiger partial charge in [0.25, 0.3) is 0 Å². The summed E-state index contributed by atoms with van der Waals surface area (Å²) in [5.74, 6) is -0.697. The summed E-state index contributed by atoms with van der Waals surface area (Å²) in [4.78, 5) is 29.7. The zero-order valence-electron chi connectivity index (χ0n) is 13.4. The Labute approximate surface area is 127 Å². The summed E-state index contributed by atoms with van der Waals surface area (Å²) in [6.07, 6.45) is 1.79. The van der Waals surface area contributed by atoms with Crippen LogP contribution >= 0.6 is 0 Å². The number of piperidine rings is 1. The van der Waals surface area contributed by atoms with Crippen LogP contribution < -0.4 is 11.5 Å². The molecule has 21 heavy (non-hydrogen) atoms. The van der Waals surface area contributed by atoms with Crippen LogP contribution in [0.15, 0.2) is 0 Å². The second-order valence-corrected chi connectivity index (χ2v) is 6.15. The van der Waals surface area contributed by atoms with E-state index in [2.05, 4.69) is 11.9 Å². The predicted molar refractivity (Wildman–Crippen MR) is 82.6 cm³/mol.